The molecule has 1 spiro atoms. The third-order valence-corrected chi connectivity index (χ3v) is 8.19. The minimum atomic E-state index is -0.226. The van der Waals surface area contributed by atoms with Crippen molar-refractivity contribution in [3.05, 3.63) is 113 Å². The quantitative estimate of drug-likeness (QED) is 0.339. The van der Waals surface area contributed by atoms with E-state index in [1.165, 1.54) is 40.8 Å². The maximum Gasteiger partial charge on any atom is 0.123 e. The van der Waals surface area contributed by atoms with Gasteiger partial charge >= 0.3 is 0 Å². The van der Waals surface area contributed by atoms with E-state index in [9.17, 15) is 4.39 Å². The highest BCUT2D eigenvalue weighted by Gasteiger charge is 2.53. The number of rotatable bonds is 2. The van der Waals surface area contributed by atoms with Crippen LogP contribution >= 0.6 is 0 Å². The van der Waals surface area contributed by atoms with Crippen molar-refractivity contribution in [1.82, 2.24) is 14.8 Å². The Labute approximate surface area is 217 Å². The van der Waals surface area contributed by atoms with Crippen LogP contribution in [0.2, 0.25) is 0 Å². The maximum atomic E-state index is 13.3. The fraction of sp³-hybridized carbons (Fsp3) is 0.267. The van der Waals surface area contributed by atoms with Gasteiger partial charge in [0.05, 0.1) is 23.3 Å². The molecule has 0 amide bonds. The minimum Gasteiger partial charge on any atom is -0.324 e. The summed E-state index contributed by atoms with van der Waals surface area (Å²) < 4.78 is 15.3. The Hall–Kier alpha value is -3.81. The van der Waals surface area contributed by atoms with Crippen LogP contribution in [0.25, 0.3) is 11.8 Å². The van der Waals surface area contributed by atoms with E-state index >= 15 is 0 Å². The molecule has 0 saturated heterocycles. The van der Waals surface area contributed by atoms with Gasteiger partial charge in [-0.2, -0.15) is 5.10 Å². The van der Waals surface area contributed by atoms with Crippen LogP contribution in [-0.4, -0.2) is 27.0 Å². The van der Waals surface area contributed by atoms with Crippen molar-refractivity contribution in [3.8, 4) is 5.69 Å². The number of hydrogen-bond donors (Lipinski definition) is 2. The van der Waals surface area contributed by atoms with Gasteiger partial charge in [-0.05, 0) is 90.8 Å². The first-order chi connectivity index (χ1) is 18.0. The Morgan fingerprint density at radius 1 is 1.11 bits per heavy atom. The number of anilines is 1. The molecule has 3 N–H and O–H groups in total. The molecule has 0 aliphatic heterocycles. The van der Waals surface area contributed by atoms with E-state index in [1.54, 1.807) is 43.7 Å². The number of aromatic nitrogens is 3. The van der Waals surface area contributed by atoms with E-state index in [4.69, 9.17) is 10.9 Å². The highest BCUT2D eigenvalue weighted by molar-refractivity contribution is 5.67. The molecule has 3 atom stereocenters. The Morgan fingerprint density at radius 3 is 2.59 bits per heavy atom. The topological polar surface area (TPSA) is 80.2 Å². The number of allylic oxidation sites excluding steroid dienone is 1. The molecule has 2 aromatic carbocycles. The molecule has 190 valence electrons. The molecule has 1 saturated carbocycles. The van der Waals surface area contributed by atoms with Crippen LogP contribution in [0.3, 0.4) is 0 Å². The van der Waals surface area contributed by atoms with Gasteiger partial charge in [-0.15, -0.1) is 0 Å². The lowest BCUT2D eigenvalue weighted by Gasteiger charge is -2.46. The molecular formula is C30H32FN5O. The molecule has 6 nitrogen and oxygen atoms in total. The Morgan fingerprint density at radius 2 is 1.86 bits per heavy atom. The summed E-state index contributed by atoms with van der Waals surface area (Å²) in [6.45, 7) is 0. The van der Waals surface area contributed by atoms with E-state index in [2.05, 4.69) is 40.4 Å². The molecule has 3 aliphatic rings. The van der Waals surface area contributed by atoms with Crippen molar-refractivity contribution in [1.29, 1.82) is 0 Å². The predicted molar refractivity (Wildman–Crippen MR) is 144 cm³/mol. The van der Waals surface area contributed by atoms with Crippen molar-refractivity contribution in [2.24, 2.45) is 11.7 Å². The van der Waals surface area contributed by atoms with Crippen LogP contribution in [0, 0.1) is 11.7 Å². The second kappa shape index (κ2) is 9.25. The molecule has 4 aromatic rings. The second-order valence-corrected chi connectivity index (χ2v) is 10.2. The molecule has 1 unspecified atom stereocenters. The normalized spacial score (nSPS) is 23.0. The molecule has 3 aliphatic carbocycles. The lowest BCUT2D eigenvalue weighted by Crippen LogP contribution is -2.43. The Bertz CT molecular complexity index is 1450. The summed E-state index contributed by atoms with van der Waals surface area (Å²) in [6, 6.07) is 18.9. The average molecular weight is 498 g/mol. The maximum absolute atomic E-state index is 13.3. The Kier molecular flexibility index (Phi) is 5.89. The summed E-state index contributed by atoms with van der Waals surface area (Å²) >= 11 is 0. The molecule has 7 heteroatoms. The lowest BCUT2D eigenvalue weighted by molar-refractivity contribution is 0.279. The van der Waals surface area contributed by atoms with Crippen molar-refractivity contribution in [3.63, 3.8) is 0 Å². The average Bonchev–Trinajstić information content (AvgIpc) is 3.50. The largest absolute Gasteiger partial charge is 0.324 e. The smallest absolute Gasteiger partial charge is 0.123 e. The lowest BCUT2D eigenvalue weighted by atomic mass is 9.58. The number of nitrogens with zero attached hydrogens (tertiary/aromatic N) is 4. The number of hydroxylamine groups is 1. The first-order valence-electron chi connectivity index (χ1n) is 12.7. The van der Waals surface area contributed by atoms with Gasteiger partial charge in [-0.1, -0.05) is 29.8 Å². The van der Waals surface area contributed by atoms with E-state index in [1.807, 2.05) is 10.9 Å². The van der Waals surface area contributed by atoms with Gasteiger partial charge in [0.2, 0.25) is 0 Å². The zero-order valence-electron chi connectivity index (χ0n) is 20.8. The summed E-state index contributed by atoms with van der Waals surface area (Å²) in [5, 5.41) is 14.5. The van der Waals surface area contributed by atoms with Crippen LogP contribution in [0.5, 0.6) is 0 Å². The molecule has 0 radical (unpaired) electrons. The van der Waals surface area contributed by atoms with Gasteiger partial charge in [-0.25, -0.2) is 9.07 Å². The van der Waals surface area contributed by atoms with Crippen LogP contribution < -0.4 is 10.8 Å². The standard InChI is InChI=1S/C24H22FN3.C6H8N2O.H2/c25-18-7-9-19(10-8-18)28-23-12-17-6-5-16-11-22(26)20-3-1-2-4-21(20)24(16,17)13-15(23)14-27-28;1-8(9)6-2-4-7-5-3-6;/h1-4,7-10,12,14,16,22H,5-6,11,13,26H2;2-5,9H,1H3;1H/t16-,22?,24+;;/m1../s1. The van der Waals surface area contributed by atoms with Gasteiger partial charge in [0.25, 0.3) is 0 Å². The summed E-state index contributed by atoms with van der Waals surface area (Å²) in [7, 11) is 1.56. The number of benzene rings is 2. The van der Waals surface area contributed by atoms with Gasteiger partial charge < -0.3 is 5.73 Å². The zero-order valence-corrected chi connectivity index (χ0v) is 20.8. The fourth-order valence-electron chi connectivity index (χ4n) is 6.48. The van der Waals surface area contributed by atoms with E-state index in [0.29, 0.717) is 5.92 Å². The first-order valence-corrected chi connectivity index (χ1v) is 12.7. The van der Waals surface area contributed by atoms with Crippen LogP contribution in [-0.2, 0) is 11.8 Å². The van der Waals surface area contributed by atoms with E-state index in [0.717, 1.165) is 41.4 Å². The first kappa shape index (κ1) is 23.6. The number of pyridine rings is 1. The summed E-state index contributed by atoms with van der Waals surface area (Å²) in [5.41, 5.74) is 14.9. The van der Waals surface area contributed by atoms with Crippen molar-refractivity contribution in [2.45, 2.75) is 37.1 Å². The highest BCUT2D eigenvalue weighted by atomic mass is 19.1. The monoisotopic (exact) mass is 497 g/mol. The second-order valence-electron chi connectivity index (χ2n) is 10.2. The molecule has 2 heterocycles. The molecular weight excluding hydrogens is 465 g/mol. The predicted octanol–water partition coefficient (Wildman–Crippen LogP) is 5.86. The van der Waals surface area contributed by atoms with Crippen molar-refractivity contribution >= 4 is 11.8 Å². The van der Waals surface area contributed by atoms with E-state index in [-0.39, 0.29) is 18.7 Å². The van der Waals surface area contributed by atoms with Crippen LogP contribution in [0.1, 0.15) is 49.1 Å². The van der Waals surface area contributed by atoms with E-state index < -0.39 is 0 Å². The highest BCUT2D eigenvalue weighted by Crippen LogP contribution is 2.60. The molecule has 7 rings (SSSR count). The van der Waals surface area contributed by atoms with Crippen LogP contribution in [0.4, 0.5) is 10.1 Å². The zero-order chi connectivity index (χ0) is 25.6. The van der Waals surface area contributed by atoms with Crippen molar-refractivity contribution < 1.29 is 11.0 Å². The number of hydrogen-bond acceptors (Lipinski definition) is 5. The van der Waals surface area contributed by atoms with Crippen LogP contribution in [0.15, 0.2) is 84.8 Å². The molecule has 0 bridgehead atoms. The number of nitrogens with two attached hydrogens (primary N) is 1. The van der Waals surface area contributed by atoms with Crippen molar-refractivity contribution in [2.75, 3.05) is 12.1 Å². The number of halogens is 1. The minimum absolute atomic E-state index is 0. The SMILES string of the molecule is CN(O)c1ccncc1.NC1C[C@H]2CCC3=Cc4c(cnn4-c4ccc(F)cc4)C[C@@]32c2ccccc21.[HH]. The van der Waals surface area contributed by atoms with Gasteiger partial charge in [0, 0.05) is 32.3 Å². The third kappa shape index (κ3) is 3.95. The van der Waals surface area contributed by atoms with Gasteiger partial charge in [0.15, 0.2) is 0 Å². The fourth-order valence-corrected chi connectivity index (χ4v) is 6.48. The molecule has 37 heavy (non-hydrogen) atoms. The summed E-state index contributed by atoms with van der Waals surface area (Å²) in [4.78, 5) is 3.79. The number of fused-ring (bicyclic) bond motifs is 2. The summed E-state index contributed by atoms with van der Waals surface area (Å²) in [5.74, 6) is 0.363. The third-order valence-electron chi connectivity index (χ3n) is 8.19. The molecule has 2 aromatic heterocycles. The van der Waals surface area contributed by atoms with Gasteiger partial charge in [0.1, 0.15) is 5.82 Å². The Balaban J connectivity index is 0.000000253. The van der Waals surface area contributed by atoms with Gasteiger partial charge in [-0.3, -0.25) is 15.3 Å². The molecule has 1 fully saturated rings. The summed E-state index contributed by atoms with van der Waals surface area (Å²) in [6.07, 6.45) is 11.9.